The Morgan fingerprint density at radius 1 is 1.21 bits per heavy atom. The molecule has 0 radical (unpaired) electrons. The zero-order chi connectivity index (χ0) is 30.8. The zero-order valence-electron chi connectivity index (χ0n) is 23.9. The number of rotatable bonds is 10. The van der Waals surface area contributed by atoms with Crippen molar-refractivity contribution in [3.8, 4) is 22.9 Å². The number of halogens is 3. The first-order valence-electron chi connectivity index (χ1n) is 14.1. The molecule has 11 nitrogen and oxygen atoms in total. The largest absolute Gasteiger partial charge is 0.487 e. The molecule has 4 rings (SSSR count). The Bertz CT molecular complexity index is 1340. The molecule has 0 bridgehead atoms. The van der Waals surface area contributed by atoms with Crippen LogP contribution in [-0.2, 0) is 4.74 Å². The van der Waals surface area contributed by atoms with Crippen LogP contribution in [0.4, 0.5) is 19.1 Å². The van der Waals surface area contributed by atoms with Gasteiger partial charge in [0, 0.05) is 43.3 Å². The van der Waals surface area contributed by atoms with Crippen molar-refractivity contribution in [1.82, 2.24) is 14.9 Å². The fourth-order valence-corrected chi connectivity index (χ4v) is 5.03. The highest BCUT2D eigenvalue weighted by Gasteiger charge is 2.34. The van der Waals surface area contributed by atoms with Gasteiger partial charge in [-0.3, -0.25) is 14.9 Å². The molecule has 0 unspecified atom stereocenters. The number of alkyl halides is 3. The summed E-state index contributed by atoms with van der Waals surface area (Å²) in [6.07, 6.45) is 3.52. The highest BCUT2D eigenvalue weighted by Crippen LogP contribution is 2.29. The number of nitrogens with zero attached hydrogens (tertiary/aromatic N) is 6. The monoisotopic (exact) mass is 599 g/mol. The molecule has 1 saturated carbocycles. The van der Waals surface area contributed by atoms with E-state index in [4.69, 9.17) is 20.9 Å². The number of nitriles is 1. The second-order valence-electron chi connectivity index (χ2n) is 10.4. The van der Waals surface area contributed by atoms with E-state index in [1.807, 2.05) is 0 Å². The molecular formula is C29H36F3N9O2. The van der Waals surface area contributed by atoms with Gasteiger partial charge in [0.25, 0.3) is 0 Å². The van der Waals surface area contributed by atoms with Crippen molar-refractivity contribution < 1.29 is 22.6 Å². The van der Waals surface area contributed by atoms with Crippen LogP contribution in [0.25, 0.3) is 11.1 Å². The second kappa shape index (κ2) is 14.8. The number of hydrogen-bond acceptors (Lipinski definition) is 10. The molecule has 1 aliphatic heterocycles. The summed E-state index contributed by atoms with van der Waals surface area (Å²) >= 11 is 0. The summed E-state index contributed by atoms with van der Waals surface area (Å²) in [5.74, 6) is 0.270. The van der Waals surface area contributed by atoms with Crippen LogP contribution >= 0.6 is 0 Å². The van der Waals surface area contributed by atoms with Gasteiger partial charge >= 0.3 is 6.18 Å². The number of aromatic nitrogens is 2. The Balaban J connectivity index is 1.45. The number of benzene rings is 1. The summed E-state index contributed by atoms with van der Waals surface area (Å²) in [5.41, 5.74) is 10.6. The highest BCUT2D eigenvalue weighted by molar-refractivity contribution is 5.83. The average Bonchev–Trinajstić information content (AvgIpc) is 3.02. The van der Waals surface area contributed by atoms with E-state index in [1.54, 1.807) is 25.1 Å². The van der Waals surface area contributed by atoms with Crippen molar-refractivity contribution in [3.63, 3.8) is 0 Å². The fraction of sp³-hybridized carbons (Fsp3) is 0.483. The average molecular weight is 600 g/mol. The van der Waals surface area contributed by atoms with Crippen LogP contribution in [0.1, 0.15) is 38.2 Å². The molecule has 2 fully saturated rings. The van der Waals surface area contributed by atoms with E-state index in [1.165, 1.54) is 18.7 Å². The molecule has 2 aliphatic rings. The lowest BCUT2D eigenvalue weighted by Crippen LogP contribution is -2.45. The van der Waals surface area contributed by atoms with E-state index in [0.717, 1.165) is 58.2 Å². The third-order valence-corrected chi connectivity index (χ3v) is 7.37. The van der Waals surface area contributed by atoms with Gasteiger partial charge in [0.2, 0.25) is 5.95 Å². The van der Waals surface area contributed by atoms with Gasteiger partial charge in [-0.1, -0.05) is 6.07 Å². The predicted octanol–water partition coefficient (Wildman–Crippen LogP) is 3.63. The molecule has 1 saturated heterocycles. The standard InChI is InChI=1S/C29H36F3N9O2/c1-19(14-36-18-34)43-26-12-20(2-3-21(26)13-33)22-15-38-28(39-16-22)40-25(27(35)29(30,31)32)17-37-23-4-6-24(7-5-23)41-8-10-42-11-9-41/h2-3,12,15-19,23-24H,4-11,14,35H2,1H3,(H2,34,36)(H,38,39,40)/b27-25+,37-17?/t19-,23?,24?/m0/s1. The van der Waals surface area contributed by atoms with E-state index in [9.17, 15) is 18.4 Å². The Hall–Kier alpha value is -4.22. The first kappa shape index (κ1) is 31.7. The SMILES string of the molecule is C[C@@H](CN=CN)Oc1cc(-c2cnc(N/C(C=NC3CCC(N4CCOCC4)CC3)=C(/N)C(F)(F)F)nc2)ccc1C#N. The van der Waals surface area contributed by atoms with Crippen molar-refractivity contribution in [2.45, 2.75) is 57.0 Å². The van der Waals surface area contributed by atoms with Crippen LogP contribution in [0.5, 0.6) is 5.75 Å². The molecular weight excluding hydrogens is 563 g/mol. The Kier molecular flexibility index (Phi) is 10.9. The minimum Gasteiger partial charge on any atom is -0.487 e. The number of nitrogens with one attached hydrogen (secondary N) is 1. The molecule has 1 atom stereocenters. The molecule has 2 aromatic rings. The molecule has 0 amide bonds. The van der Waals surface area contributed by atoms with Gasteiger partial charge in [-0.25, -0.2) is 9.97 Å². The van der Waals surface area contributed by atoms with Gasteiger partial charge in [-0.2, -0.15) is 18.4 Å². The lowest BCUT2D eigenvalue weighted by atomic mass is 9.90. The van der Waals surface area contributed by atoms with Crippen molar-refractivity contribution in [1.29, 1.82) is 5.26 Å². The Morgan fingerprint density at radius 3 is 2.53 bits per heavy atom. The molecule has 5 N–H and O–H groups in total. The molecule has 43 heavy (non-hydrogen) atoms. The minimum atomic E-state index is -4.77. The van der Waals surface area contributed by atoms with Crippen LogP contribution in [0.2, 0.25) is 0 Å². The van der Waals surface area contributed by atoms with Crippen LogP contribution < -0.4 is 21.5 Å². The van der Waals surface area contributed by atoms with E-state index in [2.05, 4.69) is 36.2 Å². The van der Waals surface area contributed by atoms with Crippen LogP contribution in [0, 0.1) is 11.3 Å². The first-order valence-corrected chi connectivity index (χ1v) is 14.1. The topological polar surface area (TPSA) is 160 Å². The first-order chi connectivity index (χ1) is 20.7. The highest BCUT2D eigenvalue weighted by atomic mass is 19.4. The molecule has 1 aromatic heterocycles. The maximum Gasteiger partial charge on any atom is 0.432 e. The fourth-order valence-electron chi connectivity index (χ4n) is 5.03. The van der Waals surface area contributed by atoms with Gasteiger partial charge in [-0.15, -0.1) is 0 Å². The van der Waals surface area contributed by atoms with Gasteiger partial charge in [0.1, 0.15) is 23.6 Å². The number of ether oxygens (including phenoxy) is 2. The number of nitrogens with two attached hydrogens (primary N) is 2. The summed E-state index contributed by atoms with van der Waals surface area (Å²) < 4.78 is 52.0. The number of anilines is 1. The van der Waals surface area contributed by atoms with Gasteiger partial charge in [0.15, 0.2) is 0 Å². The number of allylic oxidation sites excluding steroid dienone is 2. The minimum absolute atomic E-state index is 0.0770. The van der Waals surface area contributed by atoms with Crippen LogP contribution in [0.3, 0.4) is 0 Å². The van der Waals surface area contributed by atoms with Gasteiger partial charge in [0.05, 0.1) is 43.4 Å². The van der Waals surface area contributed by atoms with Gasteiger partial charge in [-0.05, 0) is 50.3 Å². The summed E-state index contributed by atoms with van der Waals surface area (Å²) in [7, 11) is 0. The molecule has 14 heteroatoms. The summed E-state index contributed by atoms with van der Waals surface area (Å²) in [6.45, 7) is 5.37. The molecule has 2 heterocycles. The van der Waals surface area contributed by atoms with E-state index in [0.29, 0.717) is 35.0 Å². The van der Waals surface area contributed by atoms with Crippen molar-refractivity contribution >= 4 is 18.5 Å². The number of morpholine rings is 1. The summed E-state index contributed by atoms with van der Waals surface area (Å²) in [6, 6.07) is 7.40. The molecule has 0 spiro atoms. The number of hydrogen-bond donors (Lipinski definition) is 3. The second-order valence-corrected chi connectivity index (χ2v) is 10.4. The third-order valence-electron chi connectivity index (χ3n) is 7.37. The third kappa shape index (κ3) is 8.89. The van der Waals surface area contributed by atoms with E-state index in [-0.39, 0.29) is 18.1 Å². The molecule has 1 aliphatic carbocycles. The normalized spacial score (nSPS) is 21.4. The quantitative estimate of drug-likeness (QED) is 0.274. The number of aliphatic imine (C=N–C) groups is 2. The summed E-state index contributed by atoms with van der Waals surface area (Å²) in [5, 5.41) is 12.0. The van der Waals surface area contributed by atoms with Crippen molar-refractivity contribution in [3.05, 3.63) is 47.6 Å². The van der Waals surface area contributed by atoms with Crippen molar-refractivity contribution in [2.24, 2.45) is 21.5 Å². The van der Waals surface area contributed by atoms with E-state index >= 15 is 0 Å². The van der Waals surface area contributed by atoms with Crippen molar-refractivity contribution in [2.75, 3.05) is 38.2 Å². The van der Waals surface area contributed by atoms with Crippen LogP contribution in [0.15, 0.2) is 52.0 Å². The molecule has 230 valence electrons. The van der Waals surface area contributed by atoms with Gasteiger partial charge < -0.3 is 26.3 Å². The molecule has 1 aromatic carbocycles. The summed E-state index contributed by atoms with van der Waals surface area (Å²) in [4.78, 5) is 19.2. The maximum atomic E-state index is 13.6. The Morgan fingerprint density at radius 2 is 1.91 bits per heavy atom. The lowest BCUT2D eigenvalue weighted by Gasteiger charge is -2.38. The smallest absolute Gasteiger partial charge is 0.432 e. The lowest BCUT2D eigenvalue weighted by molar-refractivity contribution is -0.0930. The Labute approximate surface area is 248 Å². The van der Waals surface area contributed by atoms with E-state index < -0.39 is 17.6 Å². The zero-order valence-corrected chi connectivity index (χ0v) is 23.9. The predicted molar refractivity (Wildman–Crippen MR) is 158 cm³/mol. The maximum absolute atomic E-state index is 13.6. The van der Waals surface area contributed by atoms with Crippen LogP contribution in [-0.4, -0.2) is 84.6 Å².